The van der Waals surface area contributed by atoms with E-state index >= 15 is 0 Å². The molecule has 1 saturated carbocycles. The fourth-order valence-electron chi connectivity index (χ4n) is 4.44. The van der Waals surface area contributed by atoms with Gasteiger partial charge in [-0.1, -0.05) is 44.9 Å². The zero-order chi connectivity index (χ0) is 23.8. The summed E-state index contributed by atoms with van der Waals surface area (Å²) in [5.41, 5.74) is 15.5. The quantitative estimate of drug-likeness (QED) is 0.291. The molecule has 0 spiro atoms. The van der Waals surface area contributed by atoms with Crippen LogP contribution in [0.5, 0.6) is 0 Å². The number of unbranched alkanes of at least 4 members (excludes halogenated alkanes) is 4. The summed E-state index contributed by atoms with van der Waals surface area (Å²) in [6, 6.07) is 0. The zero-order valence-electron chi connectivity index (χ0n) is 19.7. The highest BCUT2D eigenvalue weighted by Gasteiger charge is 2.35. The SMILES string of the molecule is NC(=O)CCCCC(=O)N1CCC1.NC(=O)CCCCCCC1(C(N)=O)CCCCCC1. The van der Waals surface area contributed by atoms with Crippen molar-refractivity contribution in [2.24, 2.45) is 22.6 Å². The molecule has 0 unspecified atom stereocenters. The van der Waals surface area contributed by atoms with Gasteiger partial charge in [0, 0.05) is 37.8 Å². The Balaban J connectivity index is 0.000000343. The van der Waals surface area contributed by atoms with Gasteiger partial charge in [-0.3, -0.25) is 19.2 Å². The van der Waals surface area contributed by atoms with Gasteiger partial charge in [0.25, 0.3) is 0 Å². The molecule has 2 fully saturated rings. The van der Waals surface area contributed by atoms with E-state index in [2.05, 4.69) is 0 Å². The van der Waals surface area contributed by atoms with Crippen molar-refractivity contribution in [2.75, 3.05) is 13.1 Å². The van der Waals surface area contributed by atoms with E-state index in [1.807, 2.05) is 4.90 Å². The van der Waals surface area contributed by atoms with Crippen LogP contribution in [0.15, 0.2) is 0 Å². The monoisotopic (exact) mass is 452 g/mol. The highest BCUT2D eigenvalue weighted by Crippen LogP contribution is 2.39. The Morgan fingerprint density at radius 1 is 0.625 bits per heavy atom. The normalized spacial score (nSPS) is 17.3. The van der Waals surface area contributed by atoms with E-state index < -0.39 is 0 Å². The van der Waals surface area contributed by atoms with Gasteiger partial charge in [0.05, 0.1) is 0 Å². The van der Waals surface area contributed by atoms with Crippen LogP contribution in [0, 0.1) is 5.41 Å². The summed E-state index contributed by atoms with van der Waals surface area (Å²) in [4.78, 5) is 45.9. The maximum atomic E-state index is 11.8. The van der Waals surface area contributed by atoms with Gasteiger partial charge in [-0.2, -0.15) is 0 Å². The van der Waals surface area contributed by atoms with Gasteiger partial charge in [-0.15, -0.1) is 0 Å². The second-order valence-corrected chi connectivity index (χ2v) is 9.35. The fraction of sp³-hybridized carbons (Fsp3) is 0.833. The lowest BCUT2D eigenvalue weighted by molar-refractivity contribution is -0.135. The minimum Gasteiger partial charge on any atom is -0.370 e. The van der Waals surface area contributed by atoms with Crippen LogP contribution in [0.4, 0.5) is 0 Å². The van der Waals surface area contributed by atoms with Gasteiger partial charge < -0.3 is 22.1 Å². The van der Waals surface area contributed by atoms with Crippen molar-refractivity contribution in [3.63, 3.8) is 0 Å². The molecule has 0 atom stereocenters. The van der Waals surface area contributed by atoms with Gasteiger partial charge in [0.2, 0.25) is 23.6 Å². The van der Waals surface area contributed by atoms with E-state index in [1.165, 1.54) is 12.8 Å². The van der Waals surface area contributed by atoms with Gasteiger partial charge in [-0.25, -0.2) is 0 Å². The van der Waals surface area contributed by atoms with Crippen molar-refractivity contribution in [2.45, 2.75) is 109 Å². The van der Waals surface area contributed by atoms with Crippen molar-refractivity contribution >= 4 is 23.6 Å². The second kappa shape index (κ2) is 15.6. The summed E-state index contributed by atoms with van der Waals surface area (Å²) in [6.07, 6.45) is 15.6. The summed E-state index contributed by atoms with van der Waals surface area (Å²) in [5.74, 6) is -0.393. The minimum absolute atomic E-state index is 0.105. The molecule has 8 heteroatoms. The highest BCUT2D eigenvalue weighted by molar-refractivity contribution is 5.80. The number of carbonyl (C=O) groups is 4. The van der Waals surface area contributed by atoms with Crippen LogP contribution in [0.2, 0.25) is 0 Å². The molecule has 1 aliphatic carbocycles. The molecule has 0 bridgehead atoms. The third-order valence-corrected chi connectivity index (χ3v) is 6.68. The molecular formula is C24H44N4O4. The average molecular weight is 453 g/mol. The van der Waals surface area contributed by atoms with Gasteiger partial charge >= 0.3 is 0 Å². The number of carbonyl (C=O) groups excluding carboxylic acids is 4. The Morgan fingerprint density at radius 2 is 1.12 bits per heavy atom. The van der Waals surface area contributed by atoms with Gasteiger partial charge in [0.1, 0.15) is 0 Å². The van der Waals surface area contributed by atoms with E-state index in [-0.39, 0.29) is 29.0 Å². The predicted octanol–water partition coefficient (Wildman–Crippen LogP) is 2.90. The maximum absolute atomic E-state index is 11.8. The smallest absolute Gasteiger partial charge is 0.223 e. The molecule has 8 nitrogen and oxygen atoms in total. The van der Waals surface area contributed by atoms with Crippen molar-refractivity contribution in [3.05, 3.63) is 0 Å². The van der Waals surface area contributed by atoms with Crippen LogP contribution < -0.4 is 17.2 Å². The molecule has 0 aromatic heterocycles. The number of nitrogens with zero attached hydrogens (tertiary/aromatic N) is 1. The first-order chi connectivity index (χ1) is 15.3. The largest absolute Gasteiger partial charge is 0.370 e. The molecule has 184 valence electrons. The summed E-state index contributed by atoms with van der Waals surface area (Å²) >= 11 is 0. The van der Waals surface area contributed by atoms with Crippen LogP contribution in [-0.2, 0) is 19.2 Å². The molecule has 0 aromatic rings. The Morgan fingerprint density at radius 3 is 1.59 bits per heavy atom. The number of rotatable bonds is 13. The highest BCUT2D eigenvalue weighted by atomic mass is 16.2. The molecule has 4 amide bonds. The topological polar surface area (TPSA) is 150 Å². The Labute approximate surface area is 193 Å². The summed E-state index contributed by atoms with van der Waals surface area (Å²) in [5, 5.41) is 0. The van der Waals surface area contributed by atoms with E-state index in [0.717, 1.165) is 90.1 Å². The first kappa shape index (κ1) is 27.9. The summed E-state index contributed by atoms with van der Waals surface area (Å²) < 4.78 is 0. The minimum atomic E-state index is -0.281. The second-order valence-electron chi connectivity index (χ2n) is 9.35. The van der Waals surface area contributed by atoms with Crippen LogP contribution in [-0.4, -0.2) is 41.6 Å². The molecule has 1 aliphatic heterocycles. The molecule has 32 heavy (non-hydrogen) atoms. The van der Waals surface area contributed by atoms with E-state index in [4.69, 9.17) is 17.2 Å². The molecule has 1 heterocycles. The molecule has 2 aliphatic rings. The van der Waals surface area contributed by atoms with Crippen LogP contribution in [0.1, 0.15) is 109 Å². The summed E-state index contributed by atoms with van der Waals surface area (Å²) in [6.45, 7) is 1.82. The predicted molar refractivity (Wildman–Crippen MR) is 125 cm³/mol. The fourth-order valence-corrected chi connectivity index (χ4v) is 4.44. The first-order valence-electron chi connectivity index (χ1n) is 12.4. The average Bonchev–Trinajstić information content (AvgIpc) is 2.93. The maximum Gasteiger partial charge on any atom is 0.223 e. The number of hydrogen-bond acceptors (Lipinski definition) is 4. The number of hydrogen-bond donors (Lipinski definition) is 3. The summed E-state index contributed by atoms with van der Waals surface area (Å²) in [7, 11) is 0. The van der Waals surface area contributed by atoms with Crippen LogP contribution in [0.25, 0.3) is 0 Å². The number of amides is 4. The lowest BCUT2D eigenvalue weighted by Crippen LogP contribution is -2.41. The number of likely N-dealkylation sites (tertiary alicyclic amines) is 1. The van der Waals surface area contributed by atoms with Crippen LogP contribution in [0.3, 0.4) is 0 Å². The Kier molecular flexibility index (Phi) is 13.6. The molecular weight excluding hydrogens is 408 g/mol. The lowest BCUT2D eigenvalue weighted by Gasteiger charge is -2.30. The van der Waals surface area contributed by atoms with Crippen molar-refractivity contribution < 1.29 is 19.2 Å². The number of nitrogens with two attached hydrogens (primary N) is 3. The van der Waals surface area contributed by atoms with E-state index in [0.29, 0.717) is 19.3 Å². The van der Waals surface area contributed by atoms with Gasteiger partial charge in [0.15, 0.2) is 0 Å². The molecule has 6 N–H and O–H groups in total. The Bertz CT molecular complexity index is 597. The van der Waals surface area contributed by atoms with E-state index in [1.54, 1.807) is 0 Å². The third kappa shape index (κ3) is 11.5. The molecule has 0 aromatic carbocycles. The van der Waals surface area contributed by atoms with Crippen LogP contribution >= 0.6 is 0 Å². The third-order valence-electron chi connectivity index (χ3n) is 6.68. The van der Waals surface area contributed by atoms with Gasteiger partial charge in [-0.05, 0) is 44.9 Å². The van der Waals surface area contributed by atoms with Crippen molar-refractivity contribution in [3.8, 4) is 0 Å². The number of primary amides is 3. The van der Waals surface area contributed by atoms with E-state index in [9.17, 15) is 19.2 Å². The first-order valence-corrected chi connectivity index (χ1v) is 12.4. The Hall–Kier alpha value is -2.12. The molecule has 1 saturated heterocycles. The van der Waals surface area contributed by atoms with Crippen molar-refractivity contribution in [1.29, 1.82) is 0 Å². The molecule has 2 rings (SSSR count). The zero-order valence-corrected chi connectivity index (χ0v) is 19.7. The van der Waals surface area contributed by atoms with Crippen molar-refractivity contribution in [1.82, 2.24) is 4.90 Å². The molecule has 0 radical (unpaired) electrons. The lowest BCUT2D eigenvalue weighted by atomic mass is 9.75. The standard InChI is InChI=1S/C15H28N2O2.C9H16N2O2/c16-13(18)9-5-1-2-6-10-15(14(17)19)11-7-3-4-8-12-15;10-8(12)4-1-2-5-9(13)11-6-3-7-11/h1-12H2,(H2,16,18)(H2,17,19);1-7H2,(H2,10,12).